The number of hydrogen-bond acceptors (Lipinski definition) is 7. The molecule has 5 rings (SSSR count). The predicted molar refractivity (Wildman–Crippen MR) is 143 cm³/mol. The van der Waals surface area contributed by atoms with Gasteiger partial charge >= 0.3 is 6.18 Å². The maximum Gasteiger partial charge on any atom is 0.401 e. The van der Waals surface area contributed by atoms with E-state index in [1.165, 1.54) is 31.1 Å². The standard InChI is InChI=1S/C28H31F4N7O2/c1-26(2,41)24(29)14-35-25(40)20-13-34-22(23-4-3-19-7-17(11-33)12-36-39(19)23)8-21(20)37-18-9-27(10-18)5-6-38(15-27)16-28(30,31)32/h3-4,7-8,12-13,18,24,41H,5-6,9-10,14-16H2,1-2H3,(H,34,37)(H,35,40). The fourth-order valence-electron chi connectivity index (χ4n) is 5.73. The number of nitrogens with zero attached hydrogens (tertiary/aromatic N) is 5. The minimum absolute atomic E-state index is 0.0756. The molecule has 1 amide bonds. The van der Waals surface area contributed by atoms with Crippen molar-refractivity contribution in [2.45, 2.75) is 57.1 Å². The molecule has 4 heterocycles. The van der Waals surface area contributed by atoms with Gasteiger partial charge in [-0.1, -0.05) is 0 Å². The van der Waals surface area contributed by atoms with Crippen LogP contribution in [0.1, 0.15) is 49.0 Å². The van der Waals surface area contributed by atoms with E-state index in [1.54, 1.807) is 28.8 Å². The quantitative estimate of drug-likeness (QED) is 0.350. The number of pyridine rings is 1. The zero-order chi connectivity index (χ0) is 29.6. The van der Waals surface area contributed by atoms with Crippen molar-refractivity contribution < 1.29 is 27.5 Å². The predicted octanol–water partition coefficient (Wildman–Crippen LogP) is 3.94. The Morgan fingerprint density at radius 3 is 2.71 bits per heavy atom. The van der Waals surface area contributed by atoms with Crippen LogP contribution in [-0.4, -0.2) is 80.7 Å². The Balaban J connectivity index is 1.37. The van der Waals surface area contributed by atoms with Crippen molar-refractivity contribution in [1.82, 2.24) is 24.8 Å². The summed E-state index contributed by atoms with van der Waals surface area (Å²) in [5.41, 5.74) is 0.983. The van der Waals surface area contributed by atoms with E-state index in [-0.39, 0.29) is 17.0 Å². The van der Waals surface area contributed by atoms with Gasteiger partial charge in [0.25, 0.3) is 5.91 Å². The van der Waals surface area contributed by atoms with Crippen LogP contribution < -0.4 is 10.6 Å². The van der Waals surface area contributed by atoms with Crippen LogP contribution in [0.15, 0.2) is 36.7 Å². The summed E-state index contributed by atoms with van der Waals surface area (Å²) < 4.78 is 54.6. The zero-order valence-electron chi connectivity index (χ0n) is 22.7. The van der Waals surface area contributed by atoms with Gasteiger partial charge in [0.1, 0.15) is 12.2 Å². The molecule has 1 saturated heterocycles. The van der Waals surface area contributed by atoms with Crippen molar-refractivity contribution >= 4 is 17.1 Å². The number of hydrogen-bond donors (Lipinski definition) is 3. The molecular weight excluding hydrogens is 542 g/mol. The summed E-state index contributed by atoms with van der Waals surface area (Å²) in [6.07, 6.45) is -1.14. The first-order chi connectivity index (χ1) is 19.2. The molecule has 218 valence electrons. The van der Waals surface area contributed by atoms with E-state index in [0.717, 1.165) is 0 Å². The molecule has 1 unspecified atom stereocenters. The third-order valence-corrected chi connectivity index (χ3v) is 7.89. The van der Waals surface area contributed by atoms with Gasteiger partial charge in [-0.25, -0.2) is 8.91 Å². The van der Waals surface area contributed by atoms with Crippen LogP contribution in [-0.2, 0) is 0 Å². The number of aliphatic hydroxyl groups is 1. The average molecular weight is 574 g/mol. The Hall–Kier alpha value is -3.76. The number of rotatable bonds is 8. The summed E-state index contributed by atoms with van der Waals surface area (Å²) in [4.78, 5) is 19.0. The van der Waals surface area contributed by atoms with Gasteiger partial charge in [-0.05, 0) is 69.3 Å². The number of alkyl halides is 4. The molecule has 0 aromatic carbocycles. The normalized spacial score (nSPS) is 22.0. The molecule has 41 heavy (non-hydrogen) atoms. The number of halogens is 4. The fourth-order valence-corrected chi connectivity index (χ4v) is 5.73. The molecule has 0 radical (unpaired) electrons. The number of fused-ring (bicyclic) bond motifs is 1. The number of carbonyl (C=O) groups excluding carboxylic acids is 1. The van der Waals surface area contributed by atoms with Crippen LogP contribution in [0.3, 0.4) is 0 Å². The summed E-state index contributed by atoms with van der Waals surface area (Å²) in [5, 5.41) is 29.3. The Labute approximate surface area is 234 Å². The van der Waals surface area contributed by atoms with E-state index >= 15 is 0 Å². The lowest BCUT2D eigenvalue weighted by molar-refractivity contribution is -0.144. The van der Waals surface area contributed by atoms with Crippen LogP contribution in [0, 0.1) is 16.7 Å². The van der Waals surface area contributed by atoms with Crippen molar-refractivity contribution in [1.29, 1.82) is 5.26 Å². The molecule has 9 nitrogen and oxygen atoms in total. The van der Waals surface area contributed by atoms with Crippen LogP contribution in [0.2, 0.25) is 0 Å². The largest absolute Gasteiger partial charge is 0.401 e. The van der Waals surface area contributed by atoms with E-state index in [2.05, 4.69) is 20.7 Å². The minimum atomic E-state index is -4.24. The van der Waals surface area contributed by atoms with Gasteiger partial charge < -0.3 is 15.7 Å². The van der Waals surface area contributed by atoms with Crippen molar-refractivity contribution in [3.05, 3.63) is 47.8 Å². The monoisotopic (exact) mass is 573 g/mol. The second kappa shape index (κ2) is 10.6. The summed E-state index contributed by atoms with van der Waals surface area (Å²) >= 11 is 0. The summed E-state index contributed by atoms with van der Waals surface area (Å²) in [5.74, 6) is -0.582. The Bertz CT molecular complexity index is 1490. The molecule has 1 spiro atoms. The fraction of sp³-hybridized carbons (Fsp3) is 0.500. The molecule has 1 atom stereocenters. The van der Waals surface area contributed by atoms with Crippen LogP contribution in [0.25, 0.3) is 16.9 Å². The summed E-state index contributed by atoms with van der Waals surface area (Å²) in [6, 6.07) is 8.93. The van der Waals surface area contributed by atoms with E-state index < -0.39 is 36.9 Å². The molecule has 1 saturated carbocycles. The molecule has 1 aliphatic heterocycles. The molecule has 13 heteroatoms. The number of nitriles is 1. The molecule has 2 fully saturated rings. The van der Waals surface area contributed by atoms with E-state index in [0.29, 0.717) is 60.5 Å². The van der Waals surface area contributed by atoms with E-state index in [9.17, 15) is 27.5 Å². The second-order valence-electron chi connectivity index (χ2n) is 11.7. The first-order valence-electron chi connectivity index (χ1n) is 13.3. The molecular formula is C28H31F4N7O2. The number of anilines is 1. The van der Waals surface area contributed by atoms with Gasteiger partial charge in [0.15, 0.2) is 0 Å². The highest BCUT2D eigenvalue weighted by molar-refractivity contribution is 6.00. The Morgan fingerprint density at radius 2 is 2.02 bits per heavy atom. The maximum atomic E-state index is 14.3. The number of nitrogens with one attached hydrogen (secondary N) is 2. The molecule has 3 aromatic rings. The van der Waals surface area contributed by atoms with Crippen molar-refractivity contribution in [3.8, 4) is 17.5 Å². The molecule has 3 aromatic heterocycles. The smallest absolute Gasteiger partial charge is 0.387 e. The number of carbonyl (C=O) groups is 1. The van der Waals surface area contributed by atoms with E-state index in [1.807, 2.05) is 6.07 Å². The van der Waals surface area contributed by atoms with E-state index in [4.69, 9.17) is 5.26 Å². The number of amides is 1. The second-order valence-corrected chi connectivity index (χ2v) is 11.7. The van der Waals surface area contributed by atoms with Crippen molar-refractivity contribution in [2.24, 2.45) is 5.41 Å². The molecule has 0 bridgehead atoms. The molecule has 3 N–H and O–H groups in total. The Morgan fingerprint density at radius 1 is 1.27 bits per heavy atom. The highest BCUT2D eigenvalue weighted by Crippen LogP contribution is 2.49. The van der Waals surface area contributed by atoms with Gasteiger partial charge in [-0.15, -0.1) is 0 Å². The average Bonchev–Trinajstić information content (AvgIpc) is 3.49. The van der Waals surface area contributed by atoms with Gasteiger partial charge in [-0.3, -0.25) is 14.7 Å². The lowest BCUT2D eigenvalue weighted by Gasteiger charge is -2.46. The van der Waals surface area contributed by atoms with Gasteiger partial charge in [0.05, 0.1) is 58.6 Å². The third-order valence-electron chi connectivity index (χ3n) is 7.89. The Kier molecular flexibility index (Phi) is 7.42. The highest BCUT2D eigenvalue weighted by Gasteiger charge is 2.50. The van der Waals surface area contributed by atoms with Gasteiger partial charge in [-0.2, -0.15) is 23.5 Å². The first-order valence-corrected chi connectivity index (χ1v) is 13.3. The lowest BCUT2D eigenvalue weighted by atomic mass is 9.65. The van der Waals surface area contributed by atoms with Crippen LogP contribution in [0.5, 0.6) is 0 Å². The van der Waals surface area contributed by atoms with Crippen molar-refractivity contribution in [3.63, 3.8) is 0 Å². The summed E-state index contributed by atoms with van der Waals surface area (Å²) in [6.45, 7) is 2.08. The SMILES string of the molecule is CC(C)(O)C(F)CNC(=O)c1cnc(-c2ccc3cc(C#N)cnn23)cc1NC1CC2(CCN(CC(F)(F)F)C2)C1. The lowest BCUT2D eigenvalue weighted by Crippen LogP contribution is -2.47. The van der Waals surface area contributed by atoms with Crippen LogP contribution in [0.4, 0.5) is 23.2 Å². The summed E-state index contributed by atoms with van der Waals surface area (Å²) in [7, 11) is 0. The van der Waals surface area contributed by atoms with Gasteiger partial charge in [0, 0.05) is 18.8 Å². The topological polar surface area (TPSA) is 119 Å². The van der Waals surface area contributed by atoms with Gasteiger partial charge in [0.2, 0.25) is 0 Å². The number of aromatic nitrogens is 3. The highest BCUT2D eigenvalue weighted by atomic mass is 19.4. The maximum absolute atomic E-state index is 14.3. The van der Waals surface area contributed by atoms with Crippen molar-refractivity contribution in [2.75, 3.05) is 31.5 Å². The molecule has 2 aliphatic rings. The van der Waals surface area contributed by atoms with Crippen LogP contribution >= 0.6 is 0 Å². The third kappa shape index (κ3) is 6.28. The first kappa shape index (κ1) is 28.8. The number of likely N-dealkylation sites (tertiary alicyclic amines) is 1. The minimum Gasteiger partial charge on any atom is -0.387 e. The zero-order valence-corrected chi connectivity index (χ0v) is 22.7. The molecule has 1 aliphatic carbocycles.